The van der Waals surface area contributed by atoms with E-state index in [-0.39, 0.29) is 46.0 Å². The minimum absolute atomic E-state index is 0.0933. The molecule has 66 heavy (non-hydrogen) atoms. The number of thiazole rings is 2. The highest BCUT2D eigenvalue weighted by atomic mass is 35.5. The minimum Gasteiger partial charge on any atom is -0.345 e. The molecule has 2 aliphatic heterocycles. The van der Waals surface area contributed by atoms with Crippen molar-refractivity contribution in [3.8, 4) is 0 Å². The van der Waals surface area contributed by atoms with Gasteiger partial charge in [-0.15, -0.1) is 22.7 Å². The Morgan fingerprint density at radius 2 is 1.03 bits per heavy atom. The molecule has 2 saturated heterocycles. The zero-order chi connectivity index (χ0) is 47.5. The Kier molecular flexibility index (Phi) is 15.6. The van der Waals surface area contributed by atoms with Crippen LogP contribution in [0.25, 0.3) is 0 Å². The van der Waals surface area contributed by atoms with E-state index in [0.29, 0.717) is 42.6 Å². The van der Waals surface area contributed by atoms with Crippen LogP contribution in [0.3, 0.4) is 0 Å². The summed E-state index contributed by atoms with van der Waals surface area (Å²) in [6.07, 6.45) is 1.32. The number of hydrogen-bond donors (Lipinski definition) is 0. The van der Waals surface area contributed by atoms with Crippen molar-refractivity contribution >= 4 is 111 Å². The maximum absolute atomic E-state index is 13.0. The third-order valence-corrected chi connectivity index (χ3v) is 17.8. The Morgan fingerprint density at radius 3 is 1.47 bits per heavy atom. The molecule has 24 heteroatoms. The summed E-state index contributed by atoms with van der Waals surface area (Å²) in [5, 5.41) is 28.9. The molecule has 348 valence electrons. The first kappa shape index (κ1) is 49.4. The second kappa shape index (κ2) is 20.8. The third-order valence-electron chi connectivity index (χ3n) is 10.9. The van der Waals surface area contributed by atoms with Gasteiger partial charge in [0.25, 0.3) is 11.4 Å². The molecule has 4 heterocycles. The fourth-order valence-electron chi connectivity index (χ4n) is 7.21. The molecule has 2 aliphatic rings. The molecule has 0 aliphatic carbocycles. The lowest BCUT2D eigenvalue weighted by Gasteiger charge is -2.33. The molecule has 0 amide bonds. The van der Waals surface area contributed by atoms with Crippen molar-refractivity contribution in [2.45, 2.75) is 36.5 Å². The van der Waals surface area contributed by atoms with Crippen molar-refractivity contribution in [3.05, 3.63) is 158 Å². The predicted octanol–water partition coefficient (Wildman–Crippen LogP) is 9.54. The van der Waals surface area contributed by atoms with Crippen molar-refractivity contribution in [1.29, 1.82) is 0 Å². The first-order valence-electron chi connectivity index (χ1n) is 20.1. The molecule has 0 radical (unpaired) electrons. The average Bonchev–Trinajstić information content (AvgIpc) is 3.96. The monoisotopic (exact) mass is 1050 g/mol. The third kappa shape index (κ3) is 11.4. The van der Waals surface area contributed by atoms with E-state index in [1.807, 2.05) is 21.7 Å². The summed E-state index contributed by atoms with van der Waals surface area (Å²) in [7, 11) is -7.74. The highest BCUT2D eigenvalue weighted by Gasteiger charge is 2.33. The maximum Gasteiger partial charge on any atom is 0.289 e. The van der Waals surface area contributed by atoms with Crippen LogP contribution in [0.5, 0.6) is 0 Å². The van der Waals surface area contributed by atoms with Crippen molar-refractivity contribution in [3.63, 3.8) is 0 Å². The molecule has 16 nitrogen and oxygen atoms in total. The molecule has 0 atom stereocenters. The van der Waals surface area contributed by atoms with Crippen LogP contribution in [0, 0.1) is 34.1 Å². The smallest absolute Gasteiger partial charge is 0.289 e. The predicted molar refractivity (Wildman–Crippen MR) is 260 cm³/mol. The molecule has 0 saturated carbocycles. The number of aryl methyl sites for hydroxylation is 2. The van der Waals surface area contributed by atoms with Crippen molar-refractivity contribution in [2.75, 3.05) is 62.2 Å². The van der Waals surface area contributed by atoms with E-state index in [9.17, 15) is 37.1 Å². The lowest BCUT2D eigenvalue weighted by molar-refractivity contribution is -0.385. The zero-order valence-electron chi connectivity index (χ0n) is 35.1. The number of halogens is 4. The topological polar surface area (TPSA) is 193 Å². The normalized spacial score (nSPS) is 15.1. The summed E-state index contributed by atoms with van der Waals surface area (Å²) < 4.78 is 54.7. The number of nitro groups is 2. The molecular weight excluding hydrogens is 1010 g/mol. The maximum atomic E-state index is 13.0. The van der Waals surface area contributed by atoms with Crippen LogP contribution in [0.2, 0.25) is 20.1 Å². The number of rotatable bonds is 12. The summed E-state index contributed by atoms with van der Waals surface area (Å²) in [5.41, 5.74) is 5.62. The number of hydrogen-bond acceptors (Lipinski definition) is 14. The molecular formula is C42H40Cl4N8O8S4. The van der Waals surface area contributed by atoms with E-state index >= 15 is 0 Å². The molecule has 0 unspecified atom stereocenters. The number of aromatic nitrogens is 2. The molecule has 4 aromatic carbocycles. The molecule has 2 fully saturated rings. The first-order valence-corrected chi connectivity index (χ1v) is 26.2. The van der Waals surface area contributed by atoms with Gasteiger partial charge in [0.15, 0.2) is 10.3 Å². The van der Waals surface area contributed by atoms with Gasteiger partial charge in [-0.05, 0) is 66.9 Å². The Bertz CT molecular complexity index is 3010. The largest absolute Gasteiger partial charge is 0.345 e. The van der Waals surface area contributed by atoms with Crippen LogP contribution in [0.1, 0.15) is 33.6 Å². The van der Waals surface area contributed by atoms with E-state index in [2.05, 4.69) is 41.9 Å². The first-order chi connectivity index (χ1) is 31.3. The fourth-order valence-corrected chi connectivity index (χ4v) is 12.7. The van der Waals surface area contributed by atoms with Crippen molar-refractivity contribution in [1.82, 2.24) is 18.6 Å². The van der Waals surface area contributed by atoms with E-state index in [4.69, 9.17) is 51.4 Å². The van der Waals surface area contributed by atoms with Crippen molar-refractivity contribution in [2.24, 2.45) is 0 Å². The van der Waals surface area contributed by atoms with Gasteiger partial charge in [-0.1, -0.05) is 76.2 Å². The van der Waals surface area contributed by atoms with E-state index < -0.39 is 41.3 Å². The summed E-state index contributed by atoms with van der Waals surface area (Å²) in [6, 6.07) is 18.8. The van der Waals surface area contributed by atoms with Gasteiger partial charge < -0.3 is 9.80 Å². The highest BCUT2D eigenvalue weighted by Crippen LogP contribution is 2.33. The Labute approximate surface area is 409 Å². The number of nitro benzene ring substituents is 2. The van der Waals surface area contributed by atoms with E-state index in [1.54, 1.807) is 23.5 Å². The van der Waals surface area contributed by atoms with Gasteiger partial charge in [-0.3, -0.25) is 20.2 Å². The van der Waals surface area contributed by atoms with E-state index in [1.165, 1.54) is 60.9 Å². The van der Waals surface area contributed by atoms with Gasteiger partial charge in [-0.2, -0.15) is 8.61 Å². The summed E-state index contributed by atoms with van der Waals surface area (Å²) in [5.74, 6) is 0. The van der Waals surface area contributed by atoms with Crippen LogP contribution in [0.15, 0.2) is 93.3 Å². The SMILES string of the molecule is Cc1ccc(C)c(Cc2csc(N3CCN(S(=O)(=O)c4ccc(Cl)c([N+](=O)[O-])c4)CC3)n2)c1.O=[N+]([O-])c1cc(S(=O)(=O)N2CCN(c3nc(Cc4ccc(Cl)cc4Cl)cs3)CC2)ccc1Cl. The molecule has 2 aromatic heterocycles. The number of benzene rings is 4. The molecule has 8 rings (SSSR count). The van der Waals surface area contributed by atoms with Gasteiger partial charge in [0, 0.05) is 98.1 Å². The molecule has 0 bridgehead atoms. The molecule has 6 aromatic rings. The van der Waals surface area contributed by atoms with Crippen LogP contribution >= 0.6 is 69.1 Å². The van der Waals surface area contributed by atoms with Gasteiger partial charge in [0.05, 0.1) is 31.0 Å². The molecule has 0 N–H and O–H groups in total. The number of nitrogens with zero attached hydrogens (tertiary/aromatic N) is 8. The van der Waals surface area contributed by atoms with Crippen LogP contribution < -0.4 is 9.80 Å². The van der Waals surface area contributed by atoms with Gasteiger partial charge in [-0.25, -0.2) is 26.8 Å². The second-order valence-corrected chi connectivity index (χ2v) is 22.5. The van der Waals surface area contributed by atoms with Crippen LogP contribution in [0.4, 0.5) is 21.6 Å². The lowest BCUT2D eigenvalue weighted by Crippen LogP contribution is -2.48. The highest BCUT2D eigenvalue weighted by molar-refractivity contribution is 7.89. The fraction of sp³-hybridized carbons (Fsp3) is 0.286. The van der Waals surface area contributed by atoms with Gasteiger partial charge in [0.1, 0.15) is 10.0 Å². The minimum atomic E-state index is -3.88. The number of sulfonamides is 2. The van der Waals surface area contributed by atoms with E-state index in [0.717, 1.165) is 45.8 Å². The summed E-state index contributed by atoms with van der Waals surface area (Å²) >= 11 is 26.9. The standard InChI is InChI=1S/C22H23ClN4O4S2.C20H17Cl3N4O4S2/c1-15-3-4-16(2)17(11-15)12-18-14-32-22(24-18)25-7-9-26(10-8-25)33(30,31)19-5-6-20(23)21(13-19)27(28)29;21-14-2-1-13(18(23)10-14)9-15-12-32-20(24-15)25-5-7-26(8-6-25)33(30,31)16-3-4-17(22)19(11-16)27(28)29/h3-6,11,13-14H,7-10,12H2,1-2H3;1-4,10-12H,5-9H2. The average molecular weight is 1050 g/mol. The zero-order valence-corrected chi connectivity index (χ0v) is 41.4. The Morgan fingerprint density at radius 1 is 0.576 bits per heavy atom. The molecule has 0 spiro atoms. The number of piperazine rings is 2. The summed E-state index contributed by atoms with van der Waals surface area (Å²) in [6.45, 7) is 7.05. The second-order valence-electron chi connectivity index (χ2n) is 15.3. The Hall–Kier alpha value is -4.48. The lowest BCUT2D eigenvalue weighted by atomic mass is 10.0. The van der Waals surface area contributed by atoms with Crippen LogP contribution in [-0.4, -0.2) is 97.6 Å². The Balaban J connectivity index is 0.000000196. The van der Waals surface area contributed by atoms with Crippen molar-refractivity contribution < 1.29 is 26.7 Å². The number of anilines is 2. The quantitative estimate of drug-likeness (QED) is 0.0834. The van der Waals surface area contributed by atoms with Crippen LogP contribution in [-0.2, 0) is 32.9 Å². The summed E-state index contributed by atoms with van der Waals surface area (Å²) in [4.78, 5) is 34.1. The van der Waals surface area contributed by atoms with Gasteiger partial charge in [0.2, 0.25) is 20.0 Å². The van der Waals surface area contributed by atoms with Gasteiger partial charge >= 0.3 is 0 Å².